The smallest absolute Gasteiger partial charge is 0.187 e. The van der Waals surface area contributed by atoms with Crippen LogP contribution in [0.15, 0.2) is 5.10 Å². The van der Waals surface area contributed by atoms with Crippen LogP contribution in [0.25, 0.3) is 0 Å². The molecule has 2 rings (SSSR count). The first-order chi connectivity index (χ1) is 7.15. The van der Waals surface area contributed by atoms with Gasteiger partial charge in [-0.25, -0.2) is 0 Å². The SMILES string of the molecule is CC(C)=NNC(=S)NC1CC2CCC1C2. The Morgan fingerprint density at radius 3 is 2.60 bits per heavy atom. The topological polar surface area (TPSA) is 36.4 Å². The molecule has 2 bridgehead atoms. The number of rotatable bonds is 2. The van der Waals surface area contributed by atoms with E-state index in [1.807, 2.05) is 13.8 Å². The number of fused-ring (bicyclic) bond motifs is 2. The van der Waals surface area contributed by atoms with E-state index in [4.69, 9.17) is 12.2 Å². The fraction of sp³-hybridized carbons (Fsp3) is 0.818. The Labute approximate surface area is 96.7 Å². The molecule has 0 aromatic rings. The number of hydrazone groups is 1. The molecular formula is C11H19N3S. The average Bonchev–Trinajstić information content (AvgIpc) is 2.76. The summed E-state index contributed by atoms with van der Waals surface area (Å²) in [5, 5.41) is 8.15. The maximum Gasteiger partial charge on any atom is 0.187 e. The summed E-state index contributed by atoms with van der Waals surface area (Å²) in [7, 11) is 0. The molecule has 2 N–H and O–H groups in total. The number of nitrogens with one attached hydrogen (secondary N) is 2. The Balaban J connectivity index is 1.77. The van der Waals surface area contributed by atoms with Crippen molar-refractivity contribution in [1.82, 2.24) is 10.7 Å². The molecule has 2 fully saturated rings. The van der Waals surface area contributed by atoms with Crippen LogP contribution < -0.4 is 10.7 Å². The first-order valence-corrected chi connectivity index (χ1v) is 6.13. The molecule has 0 amide bonds. The summed E-state index contributed by atoms with van der Waals surface area (Å²) in [6.07, 6.45) is 5.49. The third kappa shape index (κ3) is 2.68. The van der Waals surface area contributed by atoms with Crippen LogP contribution in [0.5, 0.6) is 0 Å². The molecule has 2 aliphatic rings. The predicted octanol–water partition coefficient (Wildman–Crippen LogP) is 2.03. The first-order valence-electron chi connectivity index (χ1n) is 5.72. The number of thiocarbonyl (C=S) groups is 1. The van der Waals surface area contributed by atoms with Crippen molar-refractivity contribution in [3.63, 3.8) is 0 Å². The van der Waals surface area contributed by atoms with Gasteiger partial charge < -0.3 is 5.32 Å². The van der Waals surface area contributed by atoms with Gasteiger partial charge in [-0.05, 0) is 57.2 Å². The first kappa shape index (κ1) is 10.9. The van der Waals surface area contributed by atoms with Crippen LogP contribution in [0.4, 0.5) is 0 Å². The minimum absolute atomic E-state index is 0.594. The normalized spacial score (nSPS) is 32.5. The van der Waals surface area contributed by atoms with Gasteiger partial charge in [-0.15, -0.1) is 0 Å². The zero-order valence-electron chi connectivity index (χ0n) is 9.42. The van der Waals surface area contributed by atoms with Crippen molar-refractivity contribution in [2.45, 2.75) is 45.6 Å². The minimum Gasteiger partial charge on any atom is -0.358 e. The lowest BCUT2D eigenvalue weighted by Crippen LogP contribution is -2.42. The highest BCUT2D eigenvalue weighted by molar-refractivity contribution is 7.80. The van der Waals surface area contributed by atoms with Gasteiger partial charge in [0.05, 0.1) is 0 Å². The molecule has 84 valence electrons. The van der Waals surface area contributed by atoms with Crippen LogP contribution in [0, 0.1) is 11.8 Å². The second-order valence-corrected chi connectivity index (χ2v) is 5.33. The summed E-state index contributed by atoms with van der Waals surface area (Å²) in [6, 6.07) is 0.594. The standard InChI is InChI=1S/C11H19N3S/c1-7(2)13-14-11(15)12-10-6-8-3-4-9(10)5-8/h8-10H,3-6H2,1-2H3,(H2,12,14,15). The molecule has 2 aliphatic carbocycles. The Morgan fingerprint density at radius 1 is 1.27 bits per heavy atom. The van der Waals surface area contributed by atoms with Gasteiger partial charge in [0.25, 0.3) is 0 Å². The molecule has 2 saturated carbocycles. The van der Waals surface area contributed by atoms with Gasteiger partial charge in [-0.1, -0.05) is 6.42 Å². The van der Waals surface area contributed by atoms with E-state index in [-0.39, 0.29) is 0 Å². The molecule has 0 spiro atoms. The molecule has 3 nitrogen and oxygen atoms in total. The van der Waals surface area contributed by atoms with Gasteiger partial charge in [0.15, 0.2) is 5.11 Å². The molecule has 0 aromatic heterocycles. The monoisotopic (exact) mass is 225 g/mol. The van der Waals surface area contributed by atoms with E-state index in [0.29, 0.717) is 11.2 Å². The van der Waals surface area contributed by atoms with Crippen LogP contribution in [-0.4, -0.2) is 16.9 Å². The lowest BCUT2D eigenvalue weighted by atomic mass is 9.96. The summed E-state index contributed by atoms with van der Waals surface area (Å²) in [4.78, 5) is 0. The van der Waals surface area contributed by atoms with Gasteiger partial charge in [-0.2, -0.15) is 5.10 Å². The third-order valence-corrected chi connectivity index (χ3v) is 3.64. The van der Waals surface area contributed by atoms with Crippen molar-refractivity contribution in [1.29, 1.82) is 0 Å². The predicted molar refractivity (Wildman–Crippen MR) is 66.9 cm³/mol. The van der Waals surface area contributed by atoms with Gasteiger partial charge in [-0.3, -0.25) is 5.43 Å². The highest BCUT2D eigenvalue weighted by atomic mass is 32.1. The van der Waals surface area contributed by atoms with Crippen molar-refractivity contribution in [3.8, 4) is 0 Å². The fourth-order valence-electron chi connectivity index (χ4n) is 2.78. The van der Waals surface area contributed by atoms with Gasteiger partial charge >= 0.3 is 0 Å². The van der Waals surface area contributed by atoms with Gasteiger partial charge in [0.1, 0.15) is 0 Å². The van der Waals surface area contributed by atoms with Crippen molar-refractivity contribution in [2.24, 2.45) is 16.9 Å². The van der Waals surface area contributed by atoms with E-state index < -0.39 is 0 Å². The number of hydrogen-bond donors (Lipinski definition) is 2. The van der Waals surface area contributed by atoms with Crippen molar-refractivity contribution >= 4 is 23.0 Å². The maximum absolute atomic E-state index is 5.20. The van der Waals surface area contributed by atoms with Crippen LogP contribution >= 0.6 is 12.2 Å². The van der Waals surface area contributed by atoms with E-state index in [1.165, 1.54) is 25.7 Å². The molecule has 4 heteroatoms. The number of hydrogen-bond acceptors (Lipinski definition) is 2. The lowest BCUT2D eigenvalue weighted by molar-refractivity contribution is 0.389. The summed E-state index contributed by atoms with van der Waals surface area (Å²) in [5.74, 6) is 1.80. The van der Waals surface area contributed by atoms with Gasteiger partial charge in [0, 0.05) is 11.8 Å². The third-order valence-electron chi connectivity index (χ3n) is 3.44. The second-order valence-electron chi connectivity index (χ2n) is 4.93. The maximum atomic E-state index is 5.20. The van der Waals surface area contributed by atoms with Crippen LogP contribution in [0.1, 0.15) is 39.5 Å². The fourth-order valence-corrected chi connectivity index (χ4v) is 2.98. The molecule has 0 heterocycles. The average molecular weight is 225 g/mol. The lowest BCUT2D eigenvalue weighted by Gasteiger charge is -2.23. The van der Waals surface area contributed by atoms with E-state index in [9.17, 15) is 0 Å². The number of nitrogens with zero attached hydrogens (tertiary/aromatic N) is 1. The zero-order chi connectivity index (χ0) is 10.8. The van der Waals surface area contributed by atoms with Gasteiger partial charge in [0.2, 0.25) is 0 Å². The quantitative estimate of drug-likeness (QED) is 0.429. The Kier molecular flexibility index (Phi) is 3.24. The van der Waals surface area contributed by atoms with E-state index >= 15 is 0 Å². The molecule has 0 radical (unpaired) electrons. The molecule has 0 saturated heterocycles. The highest BCUT2D eigenvalue weighted by Gasteiger charge is 2.39. The Bertz CT molecular complexity index is 284. The Hall–Kier alpha value is -0.640. The minimum atomic E-state index is 0.594. The summed E-state index contributed by atoms with van der Waals surface area (Å²) < 4.78 is 0. The largest absolute Gasteiger partial charge is 0.358 e. The highest BCUT2D eigenvalue weighted by Crippen LogP contribution is 2.44. The summed E-state index contributed by atoms with van der Waals surface area (Å²) >= 11 is 5.20. The van der Waals surface area contributed by atoms with Crippen molar-refractivity contribution < 1.29 is 0 Å². The molecule has 3 unspecified atom stereocenters. The van der Waals surface area contributed by atoms with Crippen LogP contribution in [-0.2, 0) is 0 Å². The van der Waals surface area contributed by atoms with E-state index in [1.54, 1.807) is 0 Å². The summed E-state index contributed by atoms with van der Waals surface area (Å²) in [6.45, 7) is 3.90. The summed E-state index contributed by atoms with van der Waals surface area (Å²) in [5.41, 5.74) is 3.87. The molecular weight excluding hydrogens is 206 g/mol. The molecule has 0 aromatic carbocycles. The van der Waals surface area contributed by atoms with E-state index in [2.05, 4.69) is 15.8 Å². The van der Waals surface area contributed by atoms with Crippen LogP contribution in [0.3, 0.4) is 0 Å². The van der Waals surface area contributed by atoms with Crippen molar-refractivity contribution in [3.05, 3.63) is 0 Å². The Morgan fingerprint density at radius 2 is 2.07 bits per heavy atom. The van der Waals surface area contributed by atoms with Crippen molar-refractivity contribution in [2.75, 3.05) is 0 Å². The second kappa shape index (κ2) is 4.47. The molecule has 0 aliphatic heterocycles. The molecule has 15 heavy (non-hydrogen) atoms. The van der Waals surface area contributed by atoms with Crippen LogP contribution in [0.2, 0.25) is 0 Å². The molecule has 3 atom stereocenters. The zero-order valence-corrected chi connectivity index (χ0v) is 10.2. The van der Waals surface area contributed by atoms with E-state index in [0.717, 1.165) is 17.5 Å².